The Kier molecular flexibility index (Phi) is 3.51. The van der Waals surface area contributed by atoms with E-state index in [1.165, 1.54) is 24.3 Å². The van der Waals surface area contributed by atoms with Gasteiger partial charge in [0.15, 0.2) is 11.5 Å². The Labute approximate surface area is 132 Å². The van der Waals surface area contributed by atoms with E-state index in [0.29, 0.717) is 16.5 Å². The highest BCUT2D eigenvalue weighted by Gasteiger charge is 2.28. The molecule has 0 aliphatic carbocycles. The number of halogens is 2. The summed E-state index contributed by atoms with van der Waals surface area (Å²) in [5.41, 5.74) is 0. The fraction of sp³-hybridized carbons (Fsp3) is 0.143. The van der Waals surface area contributed by atoms with Gasteiger partial charge >= 0.3 is 0 Å². The number of rotatable bonds is 2. The Morgan fingerprint density at radius 3 is 2.38 bits per heavy atom. The monoisotopic (exact) mass is 344 g/mol. The van der Waals surface area contributed by atoms with E-state index in [2.05, 4.69) is 0 Å². The molecule has 0 N–H and O–H groups in total. The van der Waals surface area contributed by atoms with Gasteiger partial charge in [-0.25, -0.2) is 8.42 Å². The minimum absolute atomic E-state index is 0.0390. The van der Waals surface area contributed by atoms with Gasteiger partial charge in [-0.1, -0.05) is 29.3 Å². The predicted octanol–water partition coefficient (Wildman–Crippen LogP) is 3.94. The van der Waals surface area contributed by atoms with Crippen molar-refractivity contribution in [3.8, 4) is 11.5 Å². The Bertz CT molecular complexity index is 818. The molecule has 0 radical (unpaired) electrons. The van der Waals surface area contributed by atoms with Gasteiger partial charge in [-0.05, 0) is 18.2 Å². The molecular formula is C14H10Cl2O4S. The molecule has 2 aromatic carbocycles. The summed E-state index contributed by atoms with van der Waals surface area (Å²) in [7, 11) is -3.78. The van der Waals surface area contributed by atoms with Gasteiger partial charge in [0, 0.05) is 24.1 Å². The van der Waals surface area contributed by atoms with Crippen molar-refractivity contribution in [1.82, 2.24) is 0 Å². The van der Waals surface area contributed by atoms with Crippen molar-refractivity contribution in [2.75, 3.05) is 0 Å². The molecule has 21 heavy (non-hydrogen) atoms. The van der Waals surface area contributed by atoms with Crippen LogP contribution in [0, 0.1) is 0 Å². The van der Waals surface area contributed by atoms with E-state index in [-0.39, 0.29) is 14.8 Å². The van der Waals surface area contributed by atoms with Crippen LogP contribution in [0.15, 0.2) is 46.2 Å². The first-order valence-electron chi connectivity index (χ1n) is 6.05. The lowest BCUT2D eigenvalue weighted by molar-refractivity contribution is 0.0678. The van der Waals surface area contributed by atoms with Gasteiger partial charge < -0.3 is 9.47 Å². The van der Waals surface area contributed by atoms with Gasteiger partial charge in [-0.3, -0.25) is 0 Å². The van der Waals surface area contributed by atoms with Crippen LogP contribution in [0.4, 0.5) is 0 Å². The second-order valence-corrected chi connectivity index (χ2v) is 7.26. The van der Waals surface area contributed by atoms with Crippen LogP contribution in [-0.2, 0) is 9.84 Å². The number of benzene rings is 2. The van der Waals surface area contributed by atoms with Gasteiger partial charge in [0.05, 0.1) is 14.8 Å². The predicted molar refractivity (Wildman–Crippen MR) is 79.1 cm³/mol. The SMILES string of the molecule is CC1Oc2cc(Cl)c(S(=O)(=O)c3cccc(Cl)c3)cc2O1. The largest absolute Gasteiger partial charge is 0.451 e. The molecule has 0 aromatic heterocycles. The van der Waals surface area contributed by atoms with E-state index in [9.17, 15) is 8.42 Å². The molecular weight excluding hydrogens is 335 g/mol. The minimum Gasteiger partial charge on any atom is -0.451 e. The normalized spacial score (nSPS) is 17.0. The summed E-state index contributed by atoms with van der Waals surface area (Å²) in [5.74, 6) is 0.782. The molecule has 0 saturated heterocycles. The topological polar surface area (TPSA) is 52.6 Å². The van der Waals surface area contributed by atoms with Crippen LogP contribution in [-0.4, -0.2) is 14.7 Å². The third kappa shape index (κ3) is 2.57. The highest BCUT2D eigenvalue weighted by Crippen LogP contribution is 2.41. The maximum Gasteiger partial charge on any atom is 0.238 e. The van der Waals surface area contributed by atoms with Gasteiger partial charge in [0.2, 0.25) is 16.1 Å². The molecule has 0 spiro atoms. The summed E-state index contributed by atoms with van der Waals surface area (Å²) >= 11 is 11.9. The van der Waals surface area contributed by atoms with Crippen molar-refractivity contribution in [3.05, 3.63) is 46.4 Å². The van der Waals surface area contributed by atoms with Crippen LogP contribution >= 0.6 is 23.2 Å². The van der Waals surface area contributed by atoms with Crippen LogP contribution in [0.2, 0.25) is 10.0 Å². The summed E-state index contributed by atoms with van der Waals surface area (Å²) in [6.07, 6.45) is -0.472. The fourth-order valence-corrected chi connectivity index (χ4v) is 4.13. The quantitative estimate of drug-likeness (QED) is 0.827. The van der Waals surface area contributed by atoms with Crippen LogP contribution in [0.1, 0.15) is 6.92 Å². The lowest BCUT2D eigenvalue weighted by atomic mass is 10.3. The van der Waals surface area contributed by atoms with Crippen molar-refractivity contribution in [1.29, 1.82) is 0 Å². The average molecular weight is 345 g/mol. The highest BCUT2D eigenvalue weighted by molar-refractivity contribution is 7.91. The Balaban J connectivity index is 2.14. The molecule has 4 nitrogen and oxygen atoms in total. The van der Waals surface area contributed by atoms with Crippen molar-refractivity contribution in [3.63, 3.8) is 0 Å². The zero-order valence-electron chi connectivity index (χ0n) is 10.8. The molecule has 1 heterocycles. The number of hydrogen-bond acceptors (Lipinski definition) is 4. The van der Waals surface area contributed by atoms with Crippen molar-refractivity contribution in [2.24, 2.45) is 0 Å². The molecule has 0 saturated carbocycles. The third-order valence-electron chi connectivity index (χ3n) is 2.98. The first-order valence-corrected chi connectivity index (χ1v) is 8.29. The average Bonchev–Trinajstić information content (AvgIpc) is 2.76. The second kappa shape index (κ2) is 5.09. The molecule has 2 aromatic rings. The Hall–Kier alpha value is -1.43. The minimum atomic E-state index is -3.78. The first-order chi connectivity index (χ1) is 9.88. The zero-order valence-corrected chi connectivity index (χ0v) is 13.2. The molecule has 3 rings (SSSR count). The number of fused-ring (bicyclic) bond motifs is 1. The summed E-state index contributed by atoms with van der Waals surface area (Å²) in [5, 5.41) is 0.410. The van der Waals surface area contributed by atoms with E-state index in [0.717, 1.165) is 0 Å². The molecule has 0 amide bonds. The molecule has 1 unspecified atom stereocenters. The van der Waals surface area contributed by atoms with Crippen LogP contribution < -0.4 is 9.47 Å². The molecule has 1 atom stereocenters. The number of hydrogen-bond donors (Lipinski definition) is 0. The van der Waals surface area contributed by atoms with Crippen molar-refractivity contribution < 1.29 is 17.9 Å². The lowest BCUT2D eigenvalue weighted by Gasteiger charge is -2.08. The third-order valence-corrected chi connectivity index (χ3v) is 5.43. The summed E-state index contributed by atoms with van der Waals surface area (Å²) in [6.45, 7) is 1.71. The summed E-state index contributed by atoms with van der Waals surface area (Å²) in [6, 6.07) is 8.82. The number of ether oxygens (including phenoxy) is 2. The van der Waals surface area contributed by atoms with E-state index in [1.807, 2.05) is 0 Å². The fourth-order valence-electron chi connectivity index (χ4n) is 2.05. The molecule has 1 aliphatic heterocycles. The molecule has 0 bridgehead atoms. The Morgan fingerprint density at radius 2 is 1.71 bits per heavy atom. The molecule has 7 heteroatoms. The molecule has 1 aliphatic rings. The smallest absolute Gasteiger partial charge is 0.238 e. The van der Waals surface area contributed by atoms with Gasteiger partial charge in [0.1, 0.15) is 0 Å². The van der Waals surface area contributed by atoms with E-state index in [4.69, 9.17) is 32.7 Å². The molecule has 0 fully saturated rings. The zero-order chi connectivity index (χ0) is 15.2. The lowest BCUT2D eigenvalue weighted by Crippen LogP contribution is -2.11. The summed E-state index contributed by atoms with van der Waals surface area (Å²) < 4.78 is 36.0. The maximum absolute atomic E-state index is 12.6. The van der Waals surface area contributed by atoms with E-state index in [1.54, 1.807) is 19.1 Å². The van der Waals surface area contributed by atoms with Crippen molar-refractivity contribution >= 4 is 33.0 Å². The van der Waals surface area contributed by atoms with Gasteiger partial charge in [0.25, 0.3) is 0 Å². The second-order valence-electron chi connectivity index (χ2n) is 4.49. The molecule has 110 valence electrons. The van der Waals surface area contributed by atoms with Crippen LogP contribution in [0.5, 0.6) is 11.5 Å². The van der Waals surface area contributed by atoms with Crippen LogP contribution in [0.3, 0.4) is 0 Å². The van der Waals surface area contributed by atoms with E-state index >= 15 is 0 Å². The highest BCUT2D eigenvalue weighted by atomic mass is 35.5. The van der Waals surface area contributed by atoms with Crippen molar-refractivity contribution in [2.45, 2.75) is 23.0 Å². The maximum atomic E-state index is 12.6. The summed E-state index contributed by atoms with van der Waals surface area (Å²) in [4.78, 5) is 0.0340. The first kappa shape index (κ1) is 14.5. The van der Waals surface area contributed by atoms with Gasteiger partial charge in [-0.15, -0.1) is 0 Å². The Morgan fingerprint density at radius 1 is 1.05 bits per heavy atom. The van der Waals surface area contributed by atoms with Crippen LogP contribution in [0.25, 0.3) is 0 Å². The standard InChI is InChI=1S/C14H10Cl2O4S/c1-8-19-12-6-11(16)14(7-13(12)20-8)21(17,18)10-4-2-3-9(15)5-10/h2-8H,1H3. The van der Waals surface area contributed by atoms with Gasteiger partial charge in [-0.2, -0.15) is 0 Å². The van der Waals surface area contributed by atoms with E-state index < -0.39 is 16.1 Å². The number of sulfone groups is 1.